The number of carbonyl (C=O) groups excluding carboxylic acids is 1. The summed E-state index contributed by atoms with van der Waals surface area (Å²) in [5.74, 6) is 0.833. The summed E-state index contributed by atoms with van der Waals surface area (Å²) < 4.78 is 4.74. The quantitative estimate of drug-likeness (QED) is 0.854. The third-order valence-electron chi connectivity index (χ3n) is 3.37. The summed E-state index contributed by atoms with van der Waals surface area (Å²) in [6, 6.07) is 3.80. The number of methoxy groups -OCH3 is 1. The van der Waals surface area contributed by atoms with E-state index in [0.717, 1.165) is 18.4 Å². The zero-order chi connectivity index (χ0) is 15.5. The third kappa shape index (κ3) is 3.17. The molecule has 6 nitrogen and oxygen atoms in total. The Hall–Kier alpha value is -2.21. The van der Waals surface area contributed by atoms with Gasteiger partial charge in [-0.1, -0.05) is 17.7 Å². The molecule has 7 heteroatoms. The van der Waals surface area contributed by atoms with Gasteiger partial charge in [-0.2, -0.15) is 0 Å². The predicted molar refractivity (Wildman–Crippen MR) is 81.9 cm³/mol. The van der Waals surface area contributed by atoms with Crippen molar-refractivity contribution >= 4 is 23.4 Å². The first-order valence-corrected chi connectivity index (χ1v) is 7.35. The van der Waals surface area contributed by atoms with Crippen LogP contribution in [0, 0.1) is 0 Å². The van der Waals surface area contributed by atoms with E-state index in [0.29, 0.717) is 24.1 Å². The Labute approximate surface area is 132 Å². The van der Waals surface area contributed by atoms with E-state index in [-0.39, 0.29) is 10.7 Å². The molecule has 22 heavy (non-hydrogen) atoms. The van der Waals surface area contributed by atoms with Crippen molar-refractivity contribution in [3.05, 3.63) is 46.6 Å². The van der Waals surface area contributed by atoms with Gasteiger partial charge in [-0.25, -0.2) is 14.8 Å². The van der Waals surface area contributed by atoms with Crippen LogP contribution in [0.1, 0.15) is 40.6 Å². The molecule has 1 N–H and O–H groups in total. The van der Waals surface area contributed by atoms with Crippen LogP contribution < -0.4 is 5.32 Å². The first-order valence-electron chi connectivity index (χ1n) is 6.97. The molecule has 2 aromatic heterocycles. The molecule has 1 aliphatic carbocycles. The van der Waals surface area contributed by atoms with Gasteiger partial charge < -0.3 is 10.1 Å². The molecule has 0 spiro atoms. The maximum Gasteiger partial charge on any atom is 0.358 e. The zero-order valence-electron chi connectivity index (χ0n) is 12.0. The Kier molecular flexibility index (Phi) is 4.20. The maximum atomic E-state index is 11.8. The number of hydrogen-bond donors (Lipinski definition) is 1. The minimum atomic E-state index is -0.557. The zero-order valence-corrected chi connectivity index (χ0v) is 12.8. The normalized spacial score (nSPS) is 13.7. The average Bonchev–Trinajstić information content (AvgIpc) is 3.39. The number of nitrogens with one attached hydrogen (secondary N) is 1. The highest BCUT2D eigenvalue weighted by molar-refractivity contribution is 6.35. The van der Waals surface area contributed by atoms with Crippen molar-refractivity contribution in [3.8, 4) is 0 Å². The van der Waals surface area contributed by atoms with Crippen LogP contribution in [0.4, 0.5) is 5.82 Å². The van der Waals surface area contributed by atoms with Crippen molar-refractivity contribution in [2.75, 3.05) is 12.4 Å². The number of rotatable bonds is 5. The second-order valence-electron chi connectivity index (χ2n) is 5.07. The van der Waals surface area contributed by atoms with Crippen LogP contribution in [0.25, 0.3) is 0 Å². The summed E-state index contributed by atoms with van der Waals surface area (Å²) in [4.78, 5) is 24.6. The number of nitrogens with zero attached hydrogens (tertiary/aromatic N) is 3. The molecule has 0 bridgehead atoms. The smallest absolute Gasteiger partial charge is 0.358 e. The molecule has 0 aliphatic heterocycles. The van der Waals surface area contributed by atoms with Crippen molar-refractivity contribution in [1.82, 2.24) is 15.0 Å². The van der Waals surface area contributed by atoms with E-state index in [9.17, 15) is 4.79 Å². The molecule has 2 aromatic rings. The number of hydrogen-bond acceptors (Lipinski definition) is 6. The van der Waals surface area contributed by atoms with Crippen molar-refractivity contribution < 1.29 is 9.53 Å². The van der Waals surface area contributed by atoms with E-state index in [4.69, 9.17) is 16.3 Å². The van der Waals surface area contributed by atoms with Gasteiger partial charge in [0.05, 0.1) is 7.11 Å². The number of carbonyl (C=O) groups is 1. The van der Waals surface area contributed by atoms with Crippen molar-refractivity contribution in [2.45, 2.75) is 25.3 Å². The Balaban J connectivity index is 1.88. The van der Waals surface area contributed by atoms with E-state index < -0.39 is 5.97 Å². The number of halogens is 1. The Morgan fingerprint density at radius 2 is 2.27 bits per heavy atom. The van der Waals surface area contributed by atoms with Gasteiger partial charge >= 0.3 is 5.97 Å². The first-order chi connectivity index (χ1) is 10.7. The van der Waals surface area contributed by atoms with E-state index in [2.05, 4.69) is 20.3 Å². The summed E-state index contributed by atoms with van der Waals surface area (Å²) in [6.45, 7) is 0.509. The topological polar surface area (TPSA) is 77.0 Å². The molecule has 0 aromatic carbocycles. The lowest BCUT2D eigenvalue weighted by atomic mass is 10.3. The lowest BCUT2D eigenvalue weighted by Crippen LogP contribution is -2.12. The van der Waals surface area contributed by atoms with Gasteiger partial charge in [0.25, 0.3) is 0 Å². The highest BCUT2D eigenvalue weighted by Gasteiger charge is 2.30. The second-order valence-corrected chi connectivity index (χ2v) is 5.45. The molecular weight excluding hydrogens is 304 g/mol. The SMILES string of the molecule is COC(=O)c1nc(C2CC2)nc(NCc2cccnc2)c1Cl. The van der Waals surface area contributed by atoms with Crippen LogP contribution in [0.5, 0.6) is 0 Å². The fourth-order valence-electron chi connectivity index (χ4n) is 2.03. The number of ether oxygens (including phenoxy) is 1. The molecule has 114 valence electrons. The van der Waals surface area contributed by atoms with Gasteiger partial charge in [0.1, 0.15) is 16.7 Å². The van der Waals surface area contributed by atoms with Gasteiger partial charge in [-0.15, -0.1) is 0 Å². The van der Waals surface area contributed by atoms with E-state index in [1.165, 1.54) is 7.11 Å². The molecule has 0 saturated heterocycles. The summed E-state index contributed by atoms with van der Waals surface area (Å²) >= 11 is 6.24. The van der Waals surface area contributed by atoms with Crippen LogP contribution in [-0.2, 0) is 11.3 Å². The van der Waals surface area contributed by atoms with E-state index in [1.54, 1.807) is 12.4 Å². The Bertz CT molecular complexity index is 689. The minimum Gasteiger partial charge on any atom is -0.464 e. The summed E-state index contributed by atoms with van der Waals surface area (Å²) in [6.07, 6.45) is 5.53. The fraction of sp³-hybridized carbons (Fsp3) is 0.333. The lowest BCUT2D eigenvalue weighted by molar-refractivity contribution is 0.0593. The number of esters is 1. The van der Waals surface area contributed by atoms with Crippen LogP contribution >= 0.6 is 11.6 Å². The molecule has 2 heterocycles. The van der Waals surface area contributed by atoms with Crippen molar-refractivity contribution in [3.63, 3.8) is 0 Å². The Morgan fingerprint density at radius 1 is 1.45 bits per heavy atom. The first kappa shape index (κ1) is 14.7. The molecule has 0 radical (unpaired) electrons. The standard InChI is InChI=1S/C15H15ClN4O2/c1-22-15(21)12-11(16)14(20-13(19-12)10-4-5-10)18-8-9-3-2-6-17-7-9/h2-3,6-7,10H,4-5,8H2,1H3,(H,18,19,20). The minimum absolute atomic E-state index is 0.106. The molecule has 3 rings (SSSR count). The van der Waals surface area contributed by atoms with Gasteiger partial charge in [-0.3, -0.25) is 4.98 Å². The molecule has 1 saturated carbocycles. The highest BCUT2D eigenvalue weighted by atomic mass is 35.5. The lowest BCUT2D eigenvalue weighted by Gasteiger charge is -2.11. The van der Waals surface area contributed by atoms with Gasteiger partial charge in [0, 0.05) is 24.9 Å². The van der Waals surface area contributed by atoms with Crippen LogP contribution in [0.2, 0.25) is 5.02 Å². The molecule has 0 atom stereocenters. The maximum absolute atomic E-state index is 11.8. The van der Waals surface area contributed by atoms with Crippen LogP contribution in [-0.4, -0.2) is 28.0 Å². The van der Waals surface area contributed by atoms with Gasteiger partial charge in [-0.05, 0) is 24.5 Å². The highest BCUT2D eigenvalue weighted by Crippen LogP contribution is 2.39. The molecule has 0 amide bonds. The molecule has 1 fully saturated rings. The number of aromatic nitrogens is 3. The largest absolute Gasteiger partial charge is 0.464 e. The van der Waals surface area contributed by atoms with Crippen molar-refractivity contribution in [2.24, 2.45) is 0 Å². The van der Waals surface area contributed by atoms with E-state index in [1.807, 2.05) is 12.1 Å². The molecule has 1 aliphatic rings. The summed E-state index contributed by atoms with van der Waals surface area (Å²) in [5.41, 5.74) is 1.10. The number of pyridine rings is 1. The molecule has 0 unspecified atom stereocenters. The van der Waals surface area contributed by atoms with Crippen LogP contribution in [0.3, 0.4) is 0 Å². The van der Waals surface area contributed by atoms with Crippen molar-refractivity contribution in [1.29, 1.82) is 0 Å². The summed E-state index contributed by atoms with van der Waals surface area (Å²) in [7, 11) is 1.31. The predicted octanol–water partition coefficient (Wildman–Crippen LogP) is 2.80. The summed E-state index contributed by atoms with van der Waals surface area (Å²) in [5, 5.41) is 3.32. The fourth-order valence-corrected chi connectivity index (χ4v) is 2.25. The monoisotopic (exact) mass is 318 g/mol. The third-order valence-corrected chi connectivity index (χ3v) is 3.73. The van der Waals surface area contributed by atoms with E-state index >= 15 is 0 Å². The Morgan fingerprint density at radius 3 is 2.91 bits per heavy atom. The number of anilines is 1. The van der Waals surface area contributed by atoms with Gasteiger partial charge in [0.2, 0.25) is 0 Å². The average molecular weight is 319 g/mol. The second kappa shape index (κ2) is 6.27. The van der Waals surface area contributed by atoms with Gasteiger partial charge in [0.15, 0.2) is 5.69 Å². The molecular formula is C15H15ClN4O2. The van der Waals surface area contributed by atoms with Crippen LogP contribution in [0.15, 0.2) is 24.5 Å².